The molecule has 5 nitrogen and oxygen atoms in total. The quantitative estimate of drug-likeness (QED) is 0.691. The molecule has 0 N–H and O–H groups in total. The van der Waals surface area contributed by atoms with Gasteiger partial charge in [-0.1, -0.05) is 0 Å². The first-order valence-corrected chi connectivity index (χ1v) is 8.30. The van der Waals surface area contributed by atoms with Gasteiger partial charge in [0.25, 0.3) is 0 Å². The van der Waals surface area contributed by atoms with E-state index in [9.17, 15) is 4.79 Å². The second kappa shape index (κ2) is 7.22. The molecule has 6 heteroatoms. The van der Waals surface area contributed by atoms with Crippen LogP contribution in [0.1, 0.15) is 42.1 Å². The van der Waals surface area contributed by atoms with Gasteiger partial charge >= 0.3 is 5.97 Å². The average molecular weight is 312 g/mol. The van der Waals surface area contributed by atoms with Gasteiger partial charge in [0.1, 0.15) is 0 Å². The zero-order valence-corrected chi connectivity index (χ0v) is 14.0. The molecule has 1 aliphatic carbocycles. The summed E-state index contributed by atoms with van der Waals surface area (Å²) >= 11 is 1.56. The van der Waals surface area contributed by atoms with Crippen LogP contribution in [0.3, 0.4) is 0 Å². The van der Waals surface area contributed by atoms with Crippen LogP contribution in [-0.4, -0.2) is 43.9 Å². The van der Waals surface area contributed by atoms with Crippen LogP contribution in [0.15, 0.2) is 0 Å². The Morgan fingerprint density at radius 1 is 1.52 bits per heavy atom. The highest BCUT2D eigenvalue weighted by Crippen LogP contribution is 2.38. The van der Waals surface area contributed by atoms with Crippen molar-refractivity contribution in [3.8, 4) is 0 Å². The average Bonchev–Trinajstić information content (AvgIpc) is 3.23. The second-order valence-electron chi connectivity index (χ2n) is 5.39. The number of carbonyl (C=O) groups is 1. The Labute approximate surface area is 130 Å². The number of anilines is 1. The van der Waals surface area contributed by atoms with Crippen LogP contribution in [0.5, 0.6) is 0 Å². The fourth-order valence-corrected chi connectivity index (χ4v) is 3.40. The SMILES string of the molecule is CCOC(=O)c1nc(N(CCOC)C(C)C2CC2)sc1C. The van der Waals surface area contributed by atoms with E-state index in [4.69, 9.17) is 9.47 Å². The van der Waals surface area contributed by atoms with Gasteiger partial charge < -0.3 is 14.4 Å². The maximum Gasteiger partial charge on any atom is 0.358 e. The number of esters is 1. The number of ether oxygens (including phenoxy) is 2. The molecular weight excluding hydrogens is 288 g/mol. The highest BCUT2D eigenvalue weighted by atomic mass is 32.1. The summed E-state index contributed by atoms with van der Waals surface area (Å²) in [6.07, 6.45) is 2.56. The summed E-state index contributed by atoms with van der Waals surface area (Å²) in [5.41, 5.74) is 0.447. The Morgan fingerprint density at radius 3 is 2.81 bits per heavy atom. The molecule has 0 spiro atoms. The Kier molecular flexibility index (Phi) is 5.58. The highest BCUT2D eigenvalue weighted by Gasteiger charge is 2.33. The molecular formula is C15H24N2O3S. The lowest BCUT2D eigenvalue weighted by Crippen LogP contribution is -2.37. The van der Waals surface area contributed by atoms with Crippen molar-refractivity contribution in [1.29, 1.82) is 0 Å². The standard InChI is InChI=1S/C15H24N2O3S/c1-5-20-14(18)13-11(3)21-15(16-13)17(8-9-19-4)10(2)12-6-7-12/h10,12H,5-9H2,1-4H3. The minimum Gasteiger partial charge on any atom is -0.461 e. The van der Waals surface area contributed by atoms with Gasteiger partial charge in [-0.3, -0.25) is 0 Å². The summed E-state index contributed by atoms with van der Waals surface area (Å²) in [6.45, 7) is 7.78. The molecule has 1 aromatic rings. The molecule has 0 bridgehead atoms. The third kappa shape index (κ3) is 3.95. The minimum atomic E-state index is -0.330. The van der Waals surface area contributed by atoms with Gasteiger partial charge in [0.05, 0.1) is 13.2 Å². The van der Waals surface area contributed by atoms with Crippen LogP contribution in [0.2, 0.25) is 0 Å². The van der Waals surface area contributed by atoms with Gasteiger partial charge in [-0.2, -0.15) is 0 Å². The van der Waals surface area contributed by atoms with Crippen LogP contribution in [0, 0.1) is 12.8 Å². The number of thiazole rings is 1. The maximum atomic E-state index is 11.9. The number of aromatic nitrogens is 1. The molecule has 0 aromatic carbocycles. The molecule has 0 saturated heterocycles. The van der Waals surface area contributed by atoms with Crippen molar-refractivity contribution in [3.63, 3.8) is 0 Å². The summed E-state index contributed by atoms with van der Waals surface area (Å²) in [4.78, 5) is 19.6. The van der Waals surface area contributed by atoms with Crippen molar-refractivity contribution < 1.29 is 14.3 Å². The first kappa shape index (κ1) is 16.2. The van der Waals surface area contributed by atoms with Crippen molar-refractivity contribution >= 4 is 22.4 Å². The zero-order valence-electron chi connectivity index (χ0n) is 13.2. The number of hydrogen-bond donors (Lipinski definition) is 0. The summed E-state index contributed by atoms with van der Waals surface area (Å²) < 4.78 is 10.3. The lowest BCUT2D eigenvalue weighted by molar-refractivity contribution is 0.0519. The van der Waals surface area contributed by atoms with E-state index < -0.39 is 0 Å². The predicted molar refractivity (Wildman–Crippen MR) is 84.2 cm³/mol. The van der Waals surface area contributed by atoms with Crippen molar-refractivity contribution in [2.75, 3.05) is 31.8 Å². The summed E-state index contributed by atoms with van der Waals surface area (Å²) in [7, 11) is 1.71. The highest BCUT2D eigenvalue weighted by molar-refractivity contribution is 7.15. The van der Waals surface area contributed by atoms with E-state index in [1.807, 2.05) is 6.92 Å². The van der Waals surface area contributed by atoms with Crippen molar-refractivity contribution in [1.82, 2.24) is 4.98 Å². The van der Waals surface area contributed by atoms with Gasteiger partial charge in [0.15, 0.2) is 10.8 Å². The zero-order chi connectivity index (χ0) is 15.4. The normalized spacial score (nSPS) is 15.8. The fraction of sp³-hybridized carbons (Fsp3) is 0.733. The first-order valence-electron chi connectivity index (χ1n) is 7.48. The molecule has 2 rings (SSSR count). The van der Waals surface area contributed by atoms with Crippen LogP contribution < -0.4 is 4.90 Å². The van der Waals surface area contributed by atoms with Crippen molar-refractivity contribution in [3.05, 3.63) is 10.6 Å². The van der Waals surface area contributed by atoms with Crippen molar-refractivity contribution in [2.24, 2.45) is 5.92 Å². The number of carbonyl (C=O) groups excluding carboxylic acids is 1. The van der Waals surface area contributed by atoms with E-state index in [0.29, 0.717) is 24.9 Å². The van der Waals surface area contributed by atoms with Gasteiger partial charge in [-0.15, -0.1) is 11.3 Å². The Bertz CT molecular complexity index is 485. The number of methoxy groups -OCH3 is 1. The topological polar surface area (TPSA) is 51.7 Å². The summed E-state index contributed by atoms with van der Waals surface area (Å²) in [6, 6.07) is 0.431. The Morgan fingerprint density at radius 2 is 2.24 bits per heavy atom. The molecule has 1 heterocycles. The van der Waals surface area contributed by atoms with E-state index in [-0.39, 0.29) is 5.97 Å². The van der Waals surface area contributed by atoms with Crippen molar-refractivity contribution in [2.45, 2.75) is 39.7 Å². The van der Waals surface area contributed by atoms with E-state index in [0.717, 1.165) is 22.5 Å². The Balaban J connectivity index is 2.18. The molecule has 1 unspecified atom stereocenters. The Hall–Kier alpha value is -1.14. The number of nitrogens with zero attached hydrogens (tertiary/aromatic N) is 2. The molecule has 0 aliphatic heterocycles. The van der Waals surface area contributed by atoms with Gasteiger partial charge in [0.2, 0.25) is 0 Å². The third-order valence-corrected chi connectivity index (χ3v) is 4.84. The molecule has 1 aliphatic rings. The lowest BCUT2D eigenvalue weighted by atomic mass is 10.2. The third-order valence-electron chi connectivity index (χ3n) is 3.83. The van der Waals surface area contributed by atoms with Crippen LogP contribution >= 0.6 is 11.3 Å². The van der Waals surface area contributed by atoms with Crippen LogP contribution in [0.4, 0.5) is 5.13 Å². The minimum absolute atomic E-state index is 0.330. The molecule has 0 amide bonds. The monoisotopic (exact) mass is 312 g/mol. The molecule has 1 fully saturated rings. The van der Waals surface area contributed by atoms with E-state index in [1.54, 1.807) is 25.4 Å². The predicted octanol–water partition coefficient (Wildman–Crippen LogP) is 2.88. The number of rotatable bonds is 8. The molecule has 1 saturated carbocycles. The summed E-state index contributed by atoms with van der Waals surface area (Å²) in [5, 5.41) is 0.895. The van der Waals surface area contributed by atoms with Crippen LogP contribution in [-0.2, 0) is 9.47 Å². The number of aryl methyl sites for hydroxylation is 1. The first-order chi connectivity index (χ1) is 10.1. The van der Waals surface area contributed by atoms with Crippen LogP contribution in [0.25, 0.3) is 0 Å². The van der Waals surface area contributed by atoms with E-state index in [2.05, 4.69) is 16.8 Å². The van der Waals surface area contributed by atoms with Gasteiger partial charge in [-0.25, -0.2) is 9.78 Å². The molecule has 1 atom stereocenters. The largest absolute Gasteiger partial charge is 0.461 e. The molecule has 1 aromatic heterocycles. The molecule has 0 radical (unpaired) electrons. The maximum absolute atomic E-state index is 11.9. The molecule has 118 valence electrons. The molecule has 21 heavy (non-hydrogen) atoms. The second-order valence-corrected chi connectivity index (χ2v) is 6.57. The van der Waals surface area contributed by atoms with Gasteiger partial charge in [-0.05, 0) is 39.5 Å². The van der Waals surface area contributed by atoms with E-state index in [1.165, 1.54) is 12.8 Å². The lowest BCUT2D eigenvalue weighted by Gasteiger charge is -2.28. The smallest absolute Gasteiger partial charge is 0.358 e. The van der Waals surface area contributed by atoms with E-state index >= 15 is 0 Å². The summed E-state index contributed by atoms with van der Waals surface area (Å²) in [5.74, 6) is 0.403. The van der Waals surface area contributed by atoms with Gasteiger partial charge in [0, 0.05) is 24.6 Å². The fourth-order valence-electron chi connectivity index (χ4n) is 2.39. The number of hydrogen-bond acceptors (Lipinski definition) is 6.